The average Bonchev–Trinajstić information content (AvgIpc) is 3.25. The first-order valence-electron chi connectivity index (χ1n) is 11.7. The number of aryl methyl sites for hydroxylation is 1. The van der Waals surface area contributed by atoms with Crippen LogP contribution in [-0.4, -0.2) is 51.3 Å². The lowest BCUT2D eigenvalue weighted by Crippen LogP contribution is -2.38. The monoisotopic (exact) mass is 500 g/mol. The molecule has 35 heavy (non-hydrogen) atoms. The number of benzene rings is 2. The third-order valence-electron chi connectivity index (χ3n) is 5.92. The number of hydrogen-bond donors (Lipinski definition) is 2. The Labute approximate surface area is 206 Å². The van der Waals surface area contributed by atoms with E-state index >= 15 is 0 Å². The van der Waals surface area contributed by atoms with Crippen molar-refractivity contribution in [3.8, 4) is 11.5 Å². The number of likely N-dealkylation sites (tertiary alicyclic amines) is 1. The first-order valence-corrected chi connectivity index (χ1v) is 13.2. The summed E-state index contributed by atoms with van der Waals surface area (Å²) >= 11 is 0. The summed E-state index contributed by atoms with van der Waals surface area (Å²) in [6, 6.07) is 14.7. The van der Waals surface area contributed by atoms with E-state index in [9.17, 15) is 8.42 Å². The molecule has 4 rings (SSSR count). The summed E-state index contributed by atoms with van der Waals surface area (Å²) in [5.41, 5.74) is 2.10. The van der Waals surface area contributed by atoms with Crippen LogP contribution in [0, 0.1) is 6.92 Å². The zero-order valence-electron chi connectivity index (χ0n) is 20.3. The van der Waals surface area contributed by atoms with Gasteiger partial charge in [-0.25, -0.2) is 8.42 Å². The van der Waals surface area contributed by atoms with Crippen LogP contribution in [0.2, 0.25) is 0 Å². The van der Waals surface area contributed by atoms with E-state index in [1.54, 1.807) is 38.3 Å². The standard InChI is InChI=1S/C25H32N4O5S/c1-4-33-24-16-19(5-10-23(24)32-3)17-29-13-11-21(12-14-29)26-20-6-8-22(9-7-20)35(30,31)28-25-15-18(2)34-27-25/h5-10,15-16,21,26H,4,11-14,17H2,1-3H3,(H,27,28). The van der Waals surface area contributed by atoms with E-state index in [0.29, 0.717) is 18.4 Å². The average molecular weight is 501 g/mol. The highest BCUT2D eigenvalue weighted by molar-refractivity contribution is 7.92. The summed E-state index contributed by atoms with van der Waals surface area (Å²) in [7, 11) is -2.07. The van der Waals surface area contributed by atoms with Gasteiger partial charge in [0.25, 0.3) is 10.0 Å². The molecule has 2 aromatic carbocycles. The van der Waals surface area contributed by atoms with Gasteiger partial charge in [-0.3, -0.25) is 9.62 Å². The lowest BCUT2D eigenvalue weighted by Gasteiger charge is -2.33. The van der Waals surface area contributed by atoms with Gasteiger partial charge in [0.2, 0.25) is 0 Å². The Morgan fingerprint density at radius 1 is 1.09 bits per heavy atom. The van der Waals surface area contributed by atoms with Gasteiger partial charge in [-0.2, -0.15) is 0 Å². The first kappa shape index (κ1) is 24.9. The number of rotatable bonds is 10. The van der Waals surface area contributed by atoms with Crippen LogP contribution in [-0.2, 0) is 16.6 Å². The highest BCUT2D eigenvalue weighted by atomic mass is 32.2. The number of methoxy groups -OCH3 is 1. The predicted octanol–water partition coefficient (Wildman–Crippen LogP) is 4.27. The van der Waals surface area contributed by atoms with Crippen molar-refractivity contribution in [1.82, 2.24) is 10.1 Å². The van der Waals surface area contributed by atoms with Crippen LogP contribution in [0.5, 0.6) is 11.5 Å². The molecule has 1 saturated heterocycles. The summed E-state index contributed by atoms with van der Waals surface area (Å²) in [4.78, 5) is 2.60. The van der Waals surface area contributed by atoms with Crippen LogP contribution in [0.25, 0.3) is 0 Å². The van der Waals surface area contributed by atoms with Crippen molar-refractivity contribution in [2.75, 3.05) is 36.8 Å². The van der Waals surface area contributed by atoms with Crippen LogP contribution < -0.4 is 19.5 Å². The van der Waals surface area contributed by atoms with Crippen molar-refractivity contribution in [2.24, 2.45) is 0 Å². The van der Waals surface area contributed by atoms with Crippen molar-refractivity contribution in [3.05, 3.63) is 59.9 Å². The molecule has 188 valence electrons. The van der Waals surface area contributed by atoms with Crippen molar-refractivity contribution in [3.63, 3.8) is 0 Å². The molecule has 3 aromatic rings. The fourth-order valence-electron chi connectivity index (χ4n) is 4.16. The molecule has 0 radical (unpaired) electrons. The molecule has 1 fully saturated rings. The molecule has 0 spiro atoms. The molecule has 0 atom stereocenters. The van der Waals surface area contributed by atoms with E-state index in [2.05, 4.69) is 32.2 Å². The quantitative estimate of drug-likeness (QED) is 0.425. The van der Waals surface area contributed by atoms with Crippen LogP contribution in [0.15, 0.2) is 57.9 Å². The number of nitrogens with one attached hydrogen (secondary N) is 2. The minimum Gasteiger partial charge on any atom is -0.493 e. The van der Waals surface area contributed by atoms with Gasteiger partial charge in [-0.1, -0.05) is 11.2 Å². The van der Waals surface area contributed by atoms with E-state index in [-0.39, 0.29) is 10.7 Å². The maximum absolute atomic E-state index is 12.6. The Bertz CT molecular complexity index is 1220. The smallest absolute Gasteiger partial charge is 0.263 e. The number of nitrogens with zero attached hydrogens (tertiary/aromatic N) is 2. The number of aromatic nitrogens is 1. The second-order valence-corrected chi connectivity index (χ2v) is 10.2. The molecule has 0 saturated carbocycles. The fourth-order valence-corrected chi connectivity index (χ4v) is 5.14. The van der Waals surface area contributed by atoms with Crippen molar-refractivity contribution in [2.45, 2.75) is 44.2 Å². The Hall–Kier alpha value is -3.24. The van der Waals surface area contributed by atoms with Gasteiger partial charge in [-0.05, 0) is 68.7 Å². The summed E-state index contributed by atoms with van der Waals surface area (Å²) in [5, 5.41) is 7.21. The van der Waals surface area contributed by atoms with E-state index in [0.717, 1.165) is 49.7 Å². The van der Waals surface area contributed by atoms with Gasteiger partial charge in [0.15, 0.2) is 17.3 Å². The lowest BCUT2D eigenvalue weighted by atomic mass is 10.0. The number of hydrogen-bond acceptors (Lipinski definition) is 8. The highest BCUT2D eigenvalue weighted by Gasteiger charge is 2.21. The maximum Gasteiger partial charge on any atom is 0.263 e. The second kappa shape index (κ2) is 11.0. The molecule has 0 unspecified atom stereocenters. The van der Waals surface area contributed by atoms with Crippen molar-refractivity contribution in [1.29, 1.82) is 0 Å². The summed E-state index contributed by atoms with van der Waals surface area (Å²) in [6.45, 7) is 7.07. The SMILES string of the molecule is CCOc1cc(CN2CCC(Nc3ccc(S(=O)(=O)Nc4cc(C)on4)cc3)CC2)ccc1OC. The highest BCUT2D eigenvalue weighted by Crippen LogP contribution is 2.29. The van der Waals surface area contributed by atoms with Crippen molar-refractivity contribution < 1.29 is 22.4 Å². The summed E-state index contributed by atoms with van der Waals surface area (Å²) in [6.07, 6.45) is 2.00. The fraction of sp³-hybridized carbons (Fsp3) is 0.400. The van der Waals surface area contributed by atoms with Crippen LogP contribution >= 0.6 is 0 Å². The lowest BCUT2D eigenvalue weighted by molar-refractivity contribution is 0.211. The molecule has 0 aliphatic carbocycles. The van der Waals surface area contributed by atoms with Gasteiger partial charge in [0.05, 0.1) is 18.6 Å². The minimum atomic E-state index is -3.72. The molecular formula is C25H32N4O5S. The van der Waals surface area contributed by atoms with Crippen LogP contribution in [0.3, 0.4) is 0 Å². The molecule has 2 N–H and O–H groups in total. The molecule has 10 heteroatoms. The number of anilines is 2. The third kappa shape index (κ3) is 6.46. The number of ether oxygens (including phenoxy) is 2. The predicted molar refractivity (Wildman–Crippen MR) is 135 cm³/mol. The zero-order chi connectivity index (χ0) is 24.8. The topological polar surface area (TPSA) is 106 Å². The van der Waals surface area contributed by atoms with Crippen LogP contribution in [0.1, 0.15) is 31.1 Å². The van der Waals surface area contributed by atoms with E-state index in [4.69, 9.17) is 14.0 Å². The van der Waals surface area contributed by atoms with Gasteiger partial charge in [0, 0.05) is 37.4 Å². The van der Waals surface area contributed by atoms with Gasteiger partial charge in [-0.15, -0.1) is 0 Å². The molecule has 1 aromatic heterocycles. The van der Waals surface area contributed by atoms with E-state index in [1.807, 2.05) is 13.0 Å². The van der Waals surface area contributed by atoms with Gasteiger partial charge in [0.1, 0.15) is 5.76 Å². The summed E-state index contributed by atoms with van der Waals surface area (Å²) in [5.74, 6) is 2.23. The van der Waals surface area contributed by atoms with E-state index < -0.39 is 10.0 Å². The molecule has 0 bridgehead atoms. The molecule has 0 amide bonds. The summed E-state index contributed by atoms with van der Waals surface area (Å²) < 4.78 is 43.5. The molecule has 1 aliphatic rings. The van der Waals surface area contributed by atoms with Crippen LogP contribution in [0.4, 0.5) is 11.5 Å². The minimum absolute atomic E-state index is 0.167. The molecule has 1 aliphatic heterocycles. The number of sulfonamides is 1. The van der Waals surface area contributed by atoms with Gasteiger partial charge >= 0.3 is 0 Å². The second-order valence-electron chi connectivity index (χ2n) is 8.57. The largest absolute Gasteiger partial charge is 0.493 e. The first-order chi connectivity index (χ1) is 16.9. The van der Waals surface area contributed by atoms with Crippen molar-refractivity contribution >= 4 is 21.5 Å². The Kier molecular flexibility index (Phi) is 7.82. The Balaban J connectivity index is 1.28. The van der Waals surface area contributed by atoms with E-state index in [1.165, 1.54) is 11.6 Å². The Morgan fingerprint density at radius 2 is 1.83 bits per heavy atom. The number of piperidine rings is 1. The molecule has 2 heterocycles. The Morgan fingerprint density at radius 3 is 2.46 bits per heavy atom. The van der Waals surface area contributed by atoms with Gasteiger partial charge < -0.3 is 19.3 Å². The molecular weight excluding hydrogens is 468 g/mol. The molecule has 9 nitrogen and oxygen atoms in total. The zero-order valence-corrected chi connectivity index (χ0v) is 21.1. The maximum atomic E-state index is 12.6. The third-order valence-corrected chi connectivity index (χ3v) is 7.29. The normalized spacial score (nSPS) is 15.1.